The molecule has 3 rings (SSSR count). The molecule has 1 aromatic heterocycles. The van der Waals surface area contributed by atoms with Crippen molar-refractivity contribution in [1.29, 1.82) is 0 Å². The van der Waals surface area contributed by atoms with Gasteiger partial charge in [-0.25, -0.2) is 10.4 Å². The van der Waals surface area contributed by atoms with E-state index in [1.807, 2.05) is 32.0 Å². The van der Waals surface area contributed by atoms with Crippen LogP contribution < -0.4 is 5.43 Å². The number of nitrogens with zero attached hydrogens (tertiary/aromatic N) is 2. The number of amides is 1. The molecular weight excluding hydrogens is 274 g/mol. The van der Waals surface area contributed by atoms with Gasteiger partial charge >= 0.3 is 0 Å². The van der Waals surface area contributed by atoms with E-state index in [-0.39, 0.29) is 16.4 Å². The lowest BCUT2D eigenvalue weighted by Gasteiger charge is -2.19. The number of fused-ring (bicyclic) bond motifs is 1. The normalized spacial score (nSPS) is 18.8. The van der Waals surface area contributed by atoms with Gasteiger partial charge in [-0.2, -0.15) is 5.10 Å². The smallest absolute Gasteiger partial charge is 0.299 e. The van der Waals surface area contributed by atoms with Crippen LogP contribution in [-0.2, 0) is 0 Å². The van der Waals surface area contributed by atoms with Crippen molar-refractivity contribution in [3.05, 3.63) is 35.4 Å². The summed E-state index contributed by atoms with van der Waals surface area (Å²) in [5.74, 6) is 0.0135. The number of benzene rings is 1. The molecule has 1 amide bonds. The molecule has 6 heteroatoms. The van der Waals surface area contributed by atoms with Crippen molar-refractivity contribution in [2.24, 2.45) is 5.10 Å². The molecule has 1 aromatic carbocycles. The Morgan fingerprint density at radius 3 is 2.90 bits per heavy atom. The number of hydrogen-bond donors (Lipinski definition) is 2. The number of thioether (sulfide) groups is 1. The van der Waals surface area contributed by atoms with Crippen molar-refractivity contribution in [2.75, 3.05) is 0 Å². The standard InChI is InChI=1S/C14H13N3O2S/c1-7-5-10(13-8(2)20-14(19)17-16-13)6-9-3-4-11(18)15-12(7)9/h3-6,8H,1-2H3,(H,15,18)(H,17,19)/t8-/m1/s1. The summed E-state index contributed by atoms with van der Waals surface area (Å²) in [6.07, 6.45) is 0. The maximum absolute atomic E-state index is 11.3. The summed E-state index contributed by atoms with van der Waals surface area (Å²) in [7, 11) is 0. The molecule has 0 aliphatic carbocycles. The Labute approximate surface area is 120 Å². The van der Waals surface area contributed by atoms with Gasteiger partial charge in [0.2, 0.25) is 5.88 Å². The summed E-state index contributed by atoms with van der Waals surface area (Å²) in [4.78, 5) is 15.4. The fourth-order valence-electron chi connectivity index (χ4n) is 2.29. The summed E-state index contributed by atoms with van der Waals surface area (Å²) < 4.78 is 0. The van der Waals surface area contributed by atoms with Gasteiger partial charge in [-0.3, -0.25) is 4.79 Å². The van der Waals surface area contributed by atoms with Crippen LogP contribution in [0.4, 0.5) is 4.79 Å². The Kier molecular flexibility index (Phi) is 3.10. The van der Waals surface area contributed by atoms with Gasteiger partial charge in [0.05, 0.1) is 16.5 Å². The second kappa shape index (κ2) is 4.79. The molecule has 0 saturated heterocycles. The number of aromatic hydroxyl groups is 1. The number of nitrogens with one attached hydrogen (secondary N) is 1. The lowest BCUT2D eigenvalue weighted by atomic mass is 10.0. The fraction of sp³-hybridized carbons (Fsp3) is 0.214. The SMILES string of the molecule is Cc1cc(C2=NNC(=O)S[C@@H]2C)cc2ccc(O)nc12. The van der Waals surface area contributed by atoms with Gasteiger partial charge in [0.1, 0.15) is 0 Å². The topological polar surface area (TPSA) is 74.6 Å². The van der Waals surface area contributed by atoms with Crippen molar-refractivity contribution in [3.63, 3.8) is 0 Å². The van der Waals surface area contributed by atoms with Gasteiger partial charge in [-0.15, -0.1) is 0 Å². The third kappa shape index (κ3) is 2.22. The molecule has 20 heavy (non-hydrogen) atoms. The van der Waals surface area contributed by atoms with E-state index in [0.29, 0.717) is 0 Å². The zero-order valence-corrected chi connectivity index (χ0v) is 11.9. The Bertz CT molecular complexity index is 743. The van der Waals surface area contributed by atoms with E-state index in [1.54, 1.807) is 6.07 Å². The average molecular weight is 287 g/mol. The largest absolute Gasteiger partial charge is 0.493 e. The van der Waals surface area contributed by atoms with Crippen LogP contribution in [0.25, 0.3) is 10.9 Å². The van der Waals surface area contributed by atoms with Crippen LogP contribution in [0.2, 0.25) is 0 Å². The summed E-state index contributed by atoms with van der Waals surface area (Å²) in [6, 6.07) is 7.34. The first-order valence-electron chi connectivity index (χ1n) is 6.19. The minimum Gasteiger partial charge on any atom is -0.493 e. The number of hydrazone groups is 1. The first-order valence-corrected chi connectivity index (χ1v) is 7.07. The highest BCUT2D eigenvalue weighted by Crippen LogP contribution is 2.26. The summed E-state index contributed by atoms with van der Waals surface area (Å²) in [6.45, 7) is 3.90. The van der Waals surface area contributed by atoms with Gasteiger partial charge in [0.25, 0.3) is 5.24 Å². The quantitative estimate of drug-likeness (QED) is 0.845. The van der Waals surface area contributed by atoms with Crippen molar-refractivity contribution in [2.45, 2.75) is 19.1 Å². The highest BCUT2D eigenvalue weighted by Gasteiger charge is 2.23. The van der Waals surface area contributed by atoms with E-state index < -0.39 is 0 Å². The molecule has 0 fully saturated rings. The summed E-state index contributed by atoms with van der Waals surface area (Å²) in [5, 5.41) is 14.4. The molecule has 1 aliphatic rings. The van der Waals surface area contributed by atoms with E-state index in [0.717, 1.165) is 27.7 Å². The van der Waals surface area contributed by atoms with E-state index in [2.05, 4.69) is 15.5 Å². The van der Waals surface area contributed by atoms with Crippen molar-refractivity contribution < 1.29 is 9.90 Å². The van der Waals surface area contributed by atoms with Gasteiger partial charge in [-0.05, 0) is 43.2 Å². The van der Waals surface area contributed by atoms with Gasteiger partial charge in [0, 0.05) is 11.5 Å². The van der Waals surface area contributed by atoms with Crippen LogP contribution in [0.3, 0.4) is 0 Å². The zero-order valence-electron chi connectivity index (χ0n) is 11.0. The van der Waals surface area contributed by atoms with Crippen LogP contribution in [0.5, 0.6) is 5.88 Å². The van der Waals surface area contributed by atoms with Crippen LogP contribution in [0.15, 0.2) is 29.4 Å². The maximum atomic E-state index is 11.3. The van der Waals surface area contributed by atoms with Crippen LogP contribution in [0, 0.1) is 6.92 Å². The molecule has 2 heterocycles. The Hall–Kier alpha value is -2.08. The number of aryl methyl sites for hydroxylation is 1. The van der Waals surface area contributed by atoms with E-state index in [9.17, 15) is 9.90 Å². The lowest BCUT2D eigenvalue weighted by Crippen LogP contribution is -2.29. The van der Waals surface area contributed by atoms with Gasteiger partial charge in [-0.1, -0.05) is 11.8 Å². The minimum absolute atomic E-state index is 0.00525. The number of carbonyl (C=O) groups excluding carboxylic acids is 1. The van der Waals surface area contributed by atoms with E-state index in [4.69, 9.17) is 0 Å². The molecule has 2 aromatic rings. The van der Waals surface area contributed by atoms with Crippen LogP contribution >= 0.6 is 11.8 Å². The van der Waals surface area contributed by atoms with Gasteiger partial charge in [0.15, 0.2) is 0 Å². The second-order valence-corrected chi connectivity index (χ2v) is 6.00. The Morgan fingerprint density at radius 2 is 2.15 bits per heavy atom. The summed E-state index contributed by atoms with van der Waals surface area (Å²) >= 11 is 1.22. The van der Waals surface area contributed by atoms with E-state index >= 15 is 0 Å². The molecular formula is C14H13N3O2S. The second-order valence-electron chi connectivity index (χ2n) is 4.69. The van der Waals surface area contributed by atoms with E-state index in [1.165, 1.54) is 11.8 Å². The minimum atomic E-state index is -0.134. The van der Waals surface area contributed by atoms with Crippen molar-refractivity contribution >= 4 is 33.6 Å². The number of rotatable bonds is 1. The molecule has 0 saturated carbocycles. The zero-order chi connectivity index (χ0) is 14.3. The number of hydrogen-bond acceptors (Lipinski definition) is 5. The van der Waals surface area contributed by atoms with Crippen molar-refractivity contribution in [1.82, 2.24) is 10.4 Å². The molecule has 2 N–H and O–H groups in total. The maximum Gasteiger partial charge on any atom is 0.299 e. The molecule has 5 nitrogen and oxygen atoms in total. The lowest BCUT2D eigenvalue weighted by molar-refractivity contribution is 0.261. The first-order chi connectivity index (χ1) is 9.54. The number of carbonyl (C=O) groups is 1. The highest BCUT2D eigenvalue weighted by atomic mass is 32.2. The van der Waals surface area contributed by atoms with Gasteiger partial charge < -0.3 is 5.11 Å². The van der Waals surface area contributed by atoms with Crippen LogP contribution in [0.1, 0.15) is 18.1 Å². The van der Waals surface area contributed by atoms with Crippen LogP contribution in [-0.4, -0.2) is 26.3 Å². The molecule has 0 spiro atoms. The monoisotopic (exact) mass is 287 g/mol. The number of aromatic nitrogens is 1. The molecule has 1 atom stereocenters. The average Bonchev–Trinajstić information content (AvgIpc) is 2.39. The molecule has 102 valence electrons. The third-order valence-electron chi connectivity index (χ3n) is 3.20. The number of pyridine rings is 1. The predicted octanol–water partition coefficient (Wildman–Crippen LogP) is 2.80. The molecule has 0 unspecified atom stereocenters. The fourth-order valence-corrected chi connectivity index (χ4v) is 3.01. The van der Waals surface area contributed by atoms with Crippen molar-refractivity contribution in [3.8, 4) is 5.88 Å². The Balaban J connectivity index is 2.14. The Morgan fingerprint density at radius 1 is 1.35 bits per heavy atom. The first kappa shape index (κ1) is 12.9. The predicted molar refractivity (Wildman–Crippen MR) is 80.3 cm³/mol. The molecule has 1 aliphatic heterocycles. The highest BCUT2D eigenvalue weighted by molar-refractivity contribution is 8.14. The molecule has 0 bridgehead atoms. The third-order valence-corrected chi connectivity index (χ3v) is 4.08. The molecule has 0 radical (unpaired) electrons. The summed E-state index contributed by atoms with van der Waals surface area (Å²) in [5.41, 5.74) is 6.03.